The lowest BCUT2D eigenvalue weighted by atomic mass is 10.1. The zero-order valence-electron chi connectivity index (χ0n) is 7.01. The molecule has 0 saturated carbocycles. The number of rotatable bonds is 3. The van der Waals surface area contributed by atoms with E-state index in [4.69, 9.17) is 5.11 Å². The molecule has 0 fully saturated rings. The van der Waals surface area contributed by atoms with Crippen LogP contribution in [0, 0.1) is 0 Å². The van der Waals surface area contributed by atoms with E-state index in [9.17, 15) is 13.2 Å². The first-order chi connectivity index (χ1) is 6.38. The minimum Gasteiger partial charge on any atom is -0.392 e. The molecule has 0 aliphatic rings. The van der Waals surface area contributed by atoms with Gasteiger partial charge in [0.1, 0.15) is 0 Å². The first-order valence-electron chi connectivity index (χ1n) is 3.85. The predicted molar refractivity (Wildman–Crippen MR) is 52.4 cm³/mol. The maximum atomic E-state index is 11.9. The summed E-state index contributed by atoms with van der Waals surface area (Å²) in [7, 11) is 0. The normalized spacial score (nSPS) is 14.4. The highest BCUT2D eigenvalue weighted by Gasteiger charge is 2.31. The molecule has 80 valence electrons. The van der Waals surface area contributed by atoms with Crippen LogP contribution in [0.2, 0.25) is 0 Å². The highest BCUT2D eigenvalue weighted by Crippen LogP contribution is 2.27. The Hall–Kier alpha value is -0.0700. The molecule has 14 heavy (non-hydrogen) atoms. The minimum absolute atomic E-state index is 0.0394. The molecule has 0 aliphatic carbocycles. The Bertz CT molecular complexity index is 297. The van der Waals surface area contributed by atoms with Crippen molar-refractivity contribution in [1.29, 1.82) is 0 Å². The summed E-state index contributed by atoms with van der Waals surface area (Å²) in [5.41, 5.74) is 0. The van der Waals surface area contributed by atoms with E-state index in [0.29, 0.717) is 0 Å². The number of hydrogen-bond acceptors (Lipinski definition) is 2. The van der Waals surface area contributed by atoms with E-state index in [-0.39, 0.29) is 6.42 Å². The maximum absolute atomic E-state index is 11.9. The van der Waals surface area contributed by atoms with E-state index in [1.807, 2.05) is 0 Å². The summed E-state index contributed by atoms with van der Waals surface area (Å²) < 4.78 is 36.4. The lowest BCUT2D eigenvalue weighted by Crippen LogP contribution is -2.20. The lowest BCUT2D eigenvalue weighted by molar-refractivity contribution is -0.153. The summed E-state index contributed by atoms with van der Waals surface area (Å²) >= 11 is 4.52. The quantitative estimate of drug-likeness (QED) is 0.904. The molecular formula is C8H8BrF3OS. The molecule has 1 heterocycles. The van der Waals surface area contributed by atoms with Crippen LogP contribution in [-0.4, -0.2) is 17.4 Å². The lowest BCUT2D eigenvalue weighted by Gasteiger charge is -2.12. The van der Waals surface area contributed by atoms with Gasteiger partial charge in [-0.15, -0.1) is 11.3 Å². The first-order valence-corrected chi connectivity index (χ1v) is 5.52. The van der Waals surface area contributed by atoms with Crippen LogP contribution in [0.25, 0.3) is 0 Å². The molecule has 0 aromatic carbocycles. The molecule has 1 aromatic rings. The van der Waals surface area contributed by atoms with Gasteiger partial charge in [0.2, 0.25) is 0 Å². The van der Waals surface area contributed by atoms with Crippen molar-refractivity contribution < 1.29 is 18.3 Å². The van der Waals surface area contributed by atoms with E-state index >= 15 is 0 Å². The summed E-state index contributed by atoms with van der Waals surface area (Å²) in [5.74, 6) is 0. The smallest absolute Gasteiger partial charge is 0.391 e. The summed E-state index contributed by atoms with van der Waals surface area (Å²) in [5, 5.41) is 10.9. The van der Waals surface area contributed by atoms with Gasteiger partial charge in [-0.05, 0) is 27.4 Å². The van der Waals surface area contributed by atoms with E-state index in [2.05, 4.69) is 15.9 Å². The van der Waals surface area contributed by atoms with Crippen molar-refractivity contribution in [2.45, 2.75) is 25.1 Å². The number of thiophene rings is 1. The van der Waals surface area contributed by atoms with E-state index < -0.39 is 18.7 Å². The Morgan fingerprint density at radius 1 is 1.50 bits per heavy atom. The Balaban J connectivity index is 2.50. The molecule has 1 atom stereocenters. The van der Waals surface area contributed by atoms with Crippen LogP contribution < -0.4 is 0 Å². The van der Waals surface area contributed by atoms with Gasteiger partial charge >= 0.3 is 6.18 Å². The second-order valence-electron chi connectivity index (χ2n) is 2.87. The second-order valence-corrected chi connectivity index (χ2v) is 4.72. The average molecular weight is 289 g/mol. The first kappa shape index (κ1) is 12.0. The van der Waals surface area contributed by atoms with Crippen molar-refractivity contribution in [3.05, 3.63) is 20.8 Å². The van der Waals surface area contributed by atoms with Gasteiger partial charge in [0.15, 0.2) is 0 Å². The third-order valence-electron chi connectivity index (χ3n) is 1.58. The Kier molecular flexibility index (Phi) is 3.97. The van der Waals surface area contributed by atoms with Crippen molar-refractivity contribution in [2.24, 2.45) is 0 Å². The topological polar surface area (TPSA) is 20.2 Å². The molecular weight excluding hydrogens is 281 g/mol. The van der Waals surface area contributed by atoms with Crippen molar-refractivity contribution in [2.75, 3.05) is 0 Å². The van der Waals surface area contributed by atoms with Gasteiger partial charge in [0.05, 0.1) is 12.5 Å². The molecule has 0 saturated heterocycles. The van der Waals surface area contributed by atoms with Crippen molar-refractivity contribution in [3.8, 4) is 0 Å². The third kappa shape index (κ3) is 3.98. The molecule has 0 aliphatic heterocycles. The third-order valence-corrected chi connectivity index (χ3v) is 3.53. The fourth-order valence-electron chi connectivity index (χ4n) is 1.02. The number of aliphatic hydroxyl groups excluding tert-OH is 1. The summed E-state index contributed by atoms with van der Waals surface area (Å²) in [6.45, 7) is 0. The highest BCUT2D eigenvalue weighted by atomic mass is 79.9. The Morgan fingerprint density at radius 2 is 2.14 bits per heavy atom. The largest absolute Gasteiger partial charge is 0.392 e. The minimum atomic E-state index is -4.30. The zero-order valence-corrected chi connectivity index (χ0v) is 9.42. The fraction of sp³-hybridized carbons (Fsp3) is 0.500. The number of halogens is 4. The van der Waals surface area contributed by atoms with Gasteiger partial charge in [-0.25, -0.2) is 0 Å². The van der Waals surface area contributed by atoms with Gasteiger partial charge in [-0.2, -0.15) is 13.2 Å². The molecule has 0 amide bonds. The van der Waals surface area contributed by atoms with Crippen LogP contribution in [0.3, 0.4) is 0 Å². The SMILES string of the molecule is OC(Cc1sccc1Br)CC(F)(F)F. The van der Waals surface area contributed by atoms with Gasteiger partial charge in [0, 0.05) is 15.8 Å². The number of hydrogen-bond donors (Lipinski definition) is 1. The van der Waals surface area contributed by atoms with Gasteiger partial charge in [0.25, 0.3) is 0 Å². The van der Waals surface area contributed by atoms with Crippen LogP contribution in [0.15, 0.2) is 15.9 Å². The number of aliphatic hydroxyl groups is 1. The van der Waals surface area contributed by atoms with Crippen molar-refractivity contribution >= 4 is 27.3 Å². The summed E-state index contributed by atoms with van der Waals surface area (Å²) in [4.78, 5) is 0.738. The van der Waals surface area contributed by atoms with E-state index in [1.165, 1.54) is 11.3 Å². The second kappa shape index (κ2) is 4.63. The van der Waals surface area contributed by atoms with Gasteiger partial charge in [-0.1, -0.05) is 0 Å². The Morgan fingerprint density at radius 3 is 2.57 bits per heavy atom. The fourth-order valence-corrected chi connectivity index (χ4v) is 2.61. The molecule has 1 N–H and O–H groups in total. The molecule has 0 spiro atoms. The molecule has 6 heteroatoms. The van der Waals surface area contributed by atoms with Crippen LogP contribution in [-0.2, 0) is 6.42 Å². The maximum Gasteiger partial charge on any atom is 0.391 e. The van der Waals surface area contributed by atoms with Gasteiger partial charge < -0.3 is 5.11 Å². The van der Waals surface area contributed by atoms with Gasteiger partial charge in [-0.3, -0.25) is 0 Å². The highest BCUT2D eigenvalue weighted by molar-refractivity contribution is 9.10. The van der Waals surface area contributed by atoms with Crippen molar-refractivity contribution in [1.82, 2.24) is 0 Å². The van der Waals surface area contributed by atoms with Crippen LogP contribution in [0.4, 0.5) is 13.2 Å². The molecule has 0 bridgehead atoms. The van der Waals surface area contributed by atoms with Crippen LogP contribution >= 0.6 is 27.3 Å². The molecule has 1 aromatic heterocycles. The van der Waals surface area contributed by atoms with Crippen LogP contribution in [0.5, 0.6) is 0 Å². The average Bonchev–Trinajstić information content (AvgIpc) is 2.32. The predicted octanol–water partition coefficient (Wildman–Crippen LogP) is 3.37. The zero-order chi connectivity index (χ0) is 10.8. The monoisotopic (exact) mass is 288 g/mol. The summed E-state index contributed by atoms with van der Waals surface area (Å²) in [6.07, 6.45) is -6.77. The molecule has 1 rings (SSSR count). The summed E-state index contributed by atoms with van der Waals surface area (Å²) in [6, 6.07) is 1.75. The molecule has 1 unspecified atom stereocenters. The Labute approximate surface area is 91.7 Å². The van der Waals surface area contributed by atoms with Crippen LogP contribution in [0.1, 0.15) is 11.3 Å². The van der Waals surface area contributed by atoms with E-state index in [1.54, 1.807) is 11.4 Å². The molecule has 1 nitrogen and oxygen atoms in total. The van der Waals surface area contributed by atoms with Crippen molar-refractivity contribution in [3.63, 3.8) is 0 Å². The van der Waals surface area contributed by atoms with E-state index in [0.717, 1.165) is 9.35 Å². The standard InChI is InChI=1S/C8H8BrF3OS/c9-6-1-2-14-7(6)3-5(13)4-8(10,11)12/h1-2,5,13H,3-4H2. The number of alkyl halides is 3. The molecule has 0 radical (unpaired) electrons.